The van der Waals surface area contributed by atoms with Gasteiger partial charge in [0.25, 0.3) is 5.69 Å². The predicted octanol–water partition coefficient (Wildman–Crippen LogP) is 5.44. The maximum absolute atomic E-state index is 10.6. The number of nitrogens with zero attached hydrogens (tertiary/aromatic N) is 2. The van der Waals surface area contributed by atoms with E-state index in [0.717, 1.165) is 9.99 Å². The highest BCUT2D eigenvalue weighted by atomic mass is 35.5. The summed E-state index contributed by atoms with van der Waals surface area (Å²) >= 11 is 7.34. The number of hydrogen-bond donors (Lipinski definition) is 1. The van der Waals surface area contributed by atoms with Crippen LogP contribution in [-0.4, -0.2) is 11.1 Å². The predicted molar refractivity (Wildman–Crippen MR) is 98.6 cm³/mol. The molecule has 8 heteroatoms. The number of nitro groups is 1. The third-order valence-electron chi connectivity index (χ3n) is 3.10. The summed E-state index contributed by atoms with van der Waals surface area (Å²) in [5.74, 6) is 0.589. The molecule has 0 radical (unpaired) electrons. The molecule has 0 saturated heterocycles. The van der Waals surface area contributed by atoms with Crippen molar-refractivity contribution in [3.8, 4) is 0 Å². The van der Waals surface area contributed by atoms with E-state index in [1.165, 1.54) is 30.1 Å². The summed E-state index contributed by atoms with van der Waals surface area (Å²) in [6.45, 7) is 0. The van der Waals surface area contributed by atoms with Crippen molar-refractivity contribution in [3.63, 3.8) is 0 Å². The van der Waals surface area contributed by atoms with Crippen LogP contribution >= 0.6 is 23.4 Å². The lowest BCUT2D eigenvalue weighted by Gasteiger charge is -1.99. The van der Waals surface area contributed by atoms with Crippen molar-refractivity contribution < 1.29 is 9.34 Å². The van der Waals surface area contributed by atoms with Gasteiger partial charge >= 0.3 is 0 Å². The number of furan rings is 1. The Morgan fingerprint density at radius 2 is 1.80 bits per heavy atom. The van der Waals surface area contributed by atoms with Crippen molar-refractivity contribution in [1.82, 2.24) is 0 Å². The minimum atomic E-state index is -0.449. The molecule has 0 atom stereocenters. The van der Waals surface area contributed by atoms with E-state index in [-0.39, 0.29) is 5.69 Å². The summed E-state index contributed by atoms with van der Waals surface area (Å²) in [5, 5.41) is 16.1. The largest absolute Gasteiger partial charge is 0.448 e. The van der Waals surface area contributed by atoms with Gasteiger partial charge in [-0.05, 0) is 48.5 Å². The first-order valence-electron chi connectivity index (χ1n) is 7.17. The Hall–Kier alpha value is -2.77. The Bertz CT molecular complexity index is 892. The summed E-state index contributed by atoms with van der Waals surface area (Å²) in [6.07, 6.45) is 1.54. The van der Waals surface area contributed by atoms with Crippen LogP contribution in [0.1, 0.15) is 5.76 Å². The molecule has 0 saturated carbocycles. The van der Waals surface area contributed by atoms with Gasteiger partial charge in [0.1, 0.15) is 5.76 Å². The molecule has 1 N–H and O–H groups in total. The molecule has 25 heavy (non-hydrogen) atoms. The van der Waals surface area contributed by atoms with Crippen LogP contribution in [0.25, 0.3) is 0 Å². The molecule has 126 valence electrons. The Morgan fingerprint density at radius 1 is 1.08 bits per heavy atom. The molecule has 1 aromatic heterocycles. The van der Waals surface area contributed by atoms with Crippen LogP contribution < -0.4 is 5.43 Å². The van der Waals surface area contributed by atoms with Crippen molar-refractivity contribution in [1.29, 1.82) is 0 Å². The number of hydrogen-bond acceptors (Lipinski definition) is 6. The molecule has 0 fully saturated rings. The fraction of sp³-hybridized carbons (Fsp3) is 0. The SMILES string of the molecule is O=[N+]([O-])c1ccc(N/N=C\c2ccc(Sc3ccc(Cl)cc3)o2)cc1. The summed E-state index contributed by atoms with van der Waals surface area (Å²) in [6, 6.07) is 17.1. The molecule has 0 aliphatic rings. The molecule has 0 aliphatic heterocycles. The Kier molecular flexibility index (Phi) is 5.37. The third-order valence-corrected chi connectivity index (χ3v) is 4.28. The van der Waals surface area contributed by atoms with E-state index in [1.807, 2.05) is 30.3 Å². The van der Waals surface area contributed by atoms with E-state index in [1.54, 1.807) is 18.2 Å². The molecule has 3 aromatic rings. The van der Waals surface area contributed by atoms with Crippen LogP contribution in [0.4, 0.5) is 11.4 Å². The van der Waals surface area contributed by atoms with E-state index in [2.05, 4.69) is 10.5 Å². The van der Waals surface area contributed by atoms with Gasteiger partial charge in [-0.25, -0.2) is 0 Å². The molecule has 3 rings (SSSR count). The Balaban J connectivity index is 1.58. The van der Waals surface area contributed by atoms with Gasteiger partial charge in [0.15, 0.2) is 5.09 Å². The molecule has 0 bridgehead atoms. The van der Waals surface area contributed by atoms with Gasteiger partial charge in [-0.15, -0.1) is 0 Å². The molecular formula is C17H12ClN3O3S. The van der Waals surface area contributed by atoms with Crippen LogP contribution in [0.15, 0.2) is 80.2 Å². The van der Waals surface area contributed by atoms with Crippen LogP contribution in [0.2, 0.25) is 5.02 Å². The van der Waals surface area contributed by atoms with Gasteiger partial charge in [0, 0.05) is 22.1 Å². The fourth-order valence-electron chi connectivity index (χ4n) is 1.91. The van der Waals surface area contributed by atoms with E-state index >= 15 is 0 Å². The average Bonchev–Trinajstić information content (AvgIpc) is 3.05. The fourth-order valence-corrected chi connectivity index (χ4v) is 2.81. The summed E-state index contributed by atoms with van der Waals surface area (Å²) < 4.78 is 5.66. The first-order chi connectivity index (χ1) is 12.1. The van der Waals surface area contributed by atoms with E-state index in [4.69, 9.17) is 16.0 Å². The molecule has 0 unspecified atom stereocenters. The lowest BCUT2D eigenvalue weighted by atomic mass is 10.3. The Labute approximate surface area is 152 Å². The smallest absolute Gasteiger partial charge is 0.269 e. The van der Waals surface area contributed by atoms with Crippen LogP contribution in [0, 0.1) is 10.1 Å². The van der Waals surface area contributed by atoms with Gasteiger partial charge in [0.05, 0.1) is 16.8 Å². The number of hydrazone groups is 1. The second kappa shape index (κ2) is 7.87. The van der Waals surface area contributed by atoms with Crippen LogP contribution in [0.5, 0.6) is 0 Å². The monoisotopic (exact) mass is 373 g/mol. The van der Waals surface area contributed by atoms with Gasteiger partial charge in [-0.3, -0.25) is 15.5 Å². The zero-order valence-corrected chi connectivity index (χ0v) is 14.3. The summed E-state index contributed by atoms with van der Waals surface area (Å²) in [5.41, 5.74) is 3.46. The highest BCUT2D eigenvalue weighted by Crippen LogP contribution is 2.29. The van der Waals surface area contributed by atoms with Gasteiger partial charge in [0.2, 0.25) is 0 Å². The van der Waals surface area contributed by atoms with Gasteiger partial charge in [-0.1, -0.05) is 23.4 Å². The Morgan fingerprint density at radius 3 is 2.48 bits per heavy atom. The van der Waals surface area contributed by atoms with Crippen molar-refractivity contribution in [2.45, 2.75) is 9.99 Å². The topological polar surface area (TPSA) is 80.7 Å². The van der Waals surface area contributed by atoms with Crippen molar-refractivity contribution in [3.05, 3.63) is 81.6 Å². The lowest BCUT2D eigenvalue weighted by Crippen LogP contribution is -1.91. The maximum atomic E-state index is 10.6. The molecule has 0 amide bonds. The molecule has 0 aliphatic carbocycles. The number of nitro benzene ring substituents is 1. The molecular weight excluding hydrogens is 362 g/mol. The number of non-ortho nitro benzene ring substituents is 1. The summed E-state index contributed by atoms with van der Waals surface area (Å²) in [4.78, 5) is 11.2. The second-order valence-corrected chi connectivity index (χ2v) is 6.40. The lowest BCUT2D eigenvalue weighted by molar-refractivity contribution is -0.384. The average molecular weight is 374 g/mol. The van der Waals surface area contributed by atoms with Crippen molar-refractivity contribution in [2.75, 3.05) is 5.43 Å². The number of anilines is 1. The summed E-state index contributed by atoms with van der Waals surface area (Å²) in [7, 11) is 0. The first kappa shape index (κ1) is 17.1. The molecule has 2 aromatic carbocycles. The van der Waals surface area contributed by atoms with E-state index < -0.39 is 4.92 Å². The first-order valence-corrected chi connectivity index (χ1v) is 8.36. The van der Waals surface area contributed by atoms with Crippen LogP contribution in [-0.2, 0) is 0 Å². The molecule has 6 nitrogen and oxygen atoms in total. The standard InChI is InChI=1S/C17H12ClN3O3S/c18-12-1-8-16(9-2-12)25-17-10-7-15(24-17)11-19-20-13-3-5-14(6-4-13)21(22)23/h1-11,20H/b19-11-. The highest BCUT2D eigenvalue weighted by molar-refractivity contribution is 7.99. The van der Waals surface area contributed by atoms with Gasteiger partial charge in [-0.2, -0.15) is 5.10 Å². The van der Waals surface area contributed by atoms with Crippen molar-refractivity contribution >= 4 is 41.0 Å². The molecule has 0 spiro atoms. The van der Waals surface area contributed by atoms with E-state index in [9.17, 15) is 10.1 Å². The number of benzene rings is 2. The van der Waals surface area contributed by atoms with Crippen molar-refractivity contribution in [2.24, 2.45) is 5.10 Å². The second-order valence-electron chi connectivity index (χ2n) is 4.89. The van der Waals surface area contributed by atoms with Gasteiger partial charge < -0.3 is 4.42 Å². The maximum Gasteiger partial charge on any atom is 0.269 e. The quantitative estimate of drug-likeness (QED) is 0.353. The number of rotatable bonds is 6. The highest BCUT2D eigenvalue weighted by Gasteiger charge is 2.04. The van der Waals surface area contributed by atoms with E-state index in [0.29, 0.717) is 16.5 Å². The van der Waals surface area contributed by atoms with Crippen LogP contribution in [0.3, 0.4) is 0 Å². The minimum Gasteiger partial charge on any atom is -0.448 e. The normalized spacial score (nSPS) is 10.9. The third kappa shape index (κ3) is 4.85. The molecule has 1 heterocycles. The minimum absolute atomic E-state index is 0.0319. The number of nitrogens with one attached hydrogen (secondary N) is 1. The number of halogens is 1. The zero-order chi connectivity index (χ0) is 17.6. The zero-order valence-electron chi connectivity index (χ0n) is 12.8.